The first-order valence-electron chi connectivity index (χ1n) is 8.97. The lowest BCUT2D eigenvalue weighted by atomic mass is 10.1. The molecule has 0 unspecified atom stereocenters. The molecule has 1 aromatic heterocycles. The van der Waals surface area contributed by atoms with Crippen LogP contribution in [0.4, 0.5) is 0 Å². The van der Waals surface area contributed by atoms with Crippen molar-refractivity contribution in [2.75, 3.05) is 7.11 Å². The average Bonchev–Trinajstić information content (AvgIpc) is 2.93. The van der Waals surface area contributed by atoms with E-state index in [0.29, 0.717) is 10.6 Å². The van der Waals surface area contributed by atoms with Crippen LogP contribution >= 0.6 is 11.6 Å². The molecule has 0 amide bonds. The summed E-state index contributed by atoms with van der Waals surface area (Å²) >= 11 is 5.94. The summed E-state index contributed by atoms with van der Waals surface area (Å²) < 4.78 is 7.15. The number of rotatable bonds is 4. The Hall–Kier alpha value is -2.79. The normalized spacial score (nSPS) is 10.3. The number of benzene rings is 2. The van der Waals surface area contributed by atoms with Gasteiger partial charge in [-0.25, -0.2) is 0 Å². The van der Waals surface area contributed by atoms with E-state index in [9.17, 15) is 4.79 Å². The molecule has 0 bridgehead atoms. The minimum Gasteiger partial charge on any atom is -0.497 e. The van der Waals surface area contributed by atoms with Crippen molar-refractivity contribution in [1.29, 1.82) is 0 Å². The smallest absolute Gasteiger partial charge is 0.300 e. The van der Waals surface area contributed by atoms with E-state index in [1.807, 2.05) is 25.1 Å². The molecular formula is C22H24ClNO4. The number of halogens is 1. The van der Waals surface area contributed by atoms with E-state index in [0.717, 1.165) is 42.1 Å². The van der Waals surface area contributed by atoms with Crippen molar-refractivity contribution in [3.05, 3.63) is 64.3 Å². The van der Waals surface area contributed by atoms with Crippen LogP contribution in [-0.4, -0.2) is 28.7 Å². The first-order valence-corrected chi connectivity index (χ1v) is 9.35. The summed E-state index contributed by atoms with van der Waals surface area (Å²) in [5, 5.41) is 9.12. The molecule has 0 aliphatic rings. The van der Waals surface area contributed by atoms with Crippen molar-refractivity contribution >= 4 is 34.4 Å². The fraction of sp³-hybridized carbons (Fsp3) is 0.273. The lowest BCUT2D eigenvalue weighted by molar-refractivity contribution is -0.134. The number of aromatic nitrogens is 1. The molecule has 0 radical (unpaired) electrons. The molecule has 0 saturated heterocycles. The van der Waals surface area contributed by atoms with Crippen LogP contribution in [0.15, 0.2) is 42.5 Å². The van der Waals surface area contributed by atoms with Crippen LogP contribution in [0.1, 0.15) is 41.9 Å². The summed E-state index contributed by atoms with van der Waals surface area (Å²) in [5.74, 6) is -0.0716. The lowest BCUT2D eigenvalue weighted by Gasteiger charge is -2.08. The van der Waals surface area contributed by atoms with Gasteiger partial charge >= 0.3 is 0 Å². The minimum absolute atomic E-state index is 0.0401. The number of aliphatic carboxylic acids is 1. The molecule has 6 heteroatoms. The zero-order valence-corrected chi connectivity index (χ0v) is 17.2. The molecular weight excluding hydrogens is 378 g/mol. The number of hydrogen-bond donors (Lipinski definition) is 1. The second kappa shape index (κ2) is 9.42. The topological polar surface area (TPSA) is 68.5 Å². The number of hydrogen-bond acceptors (Lipinski definition) is 3. The van der Waals surface area contributed by atoms with Crippen LogP contribution in [-0.2, 0) is 11.2 Å². The maximum absolute atomic E-state index is 13.1. The van der Waals surface area contributed by atoms with Crippen molar-refractivity contribution in [3.8, 4) is 5.75 Å². The van der Waals surface area contributed by atoms with E-state index in [-0.39, 0.29) is 5.91 Å². The quantitative estimate of drug-likeness (QED) is 0.640. The second-order valence-electron chi connectivity index (χ2n) is 6.36. The third kappa shape index (κ3) is 4.73. The molecule has 0 aliphatic heterocycles. The van der Waals surface area contributed by atoms with Gasteiger partial charge in [0.15, 0.2) is 0 Å². The molecule has 0 aliphatic carbocycles. The highest BCUT2D eigenvalue weighted by Crippen LogP contribution is 2.31. The maximum atomic E-state index is 13.1. The van der Waals surface area contributed by atoms with Crippen LogP contribution in [0.25, 0.3) is 10.9 Å². The van der Waals surface area contributed by atoms with Crippen LogP contribution in [0, 0.1) is 6.92 Å². The van der Waals surface area contributed by atoms with E-state index >= 15 is 0 Å². The molecule has 0 fully saturated rings. The van der Waals surface area contributed by atoms with Gasteiger partial charge in [0.2, 0.25) is 0 Å². The van der Waals surface area contributed by atoms with Crippen molar-refractivity contribution in [2.24, 2.45) is 0 Å². The van der Waals surface area contributed by atoms with Crippen molar-refractivity contribution in [1.82, 2.24) is 4.57 Å². The van der Waals surface area contributed by atoms with Gasteiger partial charge in [-0.05, 0) is 61.4 Å². The summed E-state index contributed by atoms with van der Waals surface area (Å²) in [6.45, 7) is 5.23. The number of carbonyl (C=O) groups excluding carboxylic acids is 1. The van der Waals surface area contributed by atoms with E-state index in [1.165, 1.54) is 5.56 Å². The van der Waals surface area contributed by atoms with Crippen LogP contribution in [0.2, 0.25) is 5.02 Å². The molecule has 0 spiro atoms. The predicted octanol–water partition coefficient (Wildman–Crippen LogP) is 5.34. The van der Waals surface area contributed by atoms with Gasteiger partial charge in [-0.1, -0.05) is 24.9 Å². The Labute approximate surface area is 169 Å². The number of carboxylic acids is 1. The SMILES string of the molecule is CC(=O)O.CCCc1c(C)n(C(=O)c2ccc(Cl)cc2)c2ccc(OC)cc12. The largest absolute Gasteiger partial charge is 0.497 e. The first-order chi connectivity index (χ1) is 13.3. The molecule has 5 nitrogen and oxygen atoms in total. The molecule has 0 atom stereocenters. The van der Waals surface area contributed by atoms with Gasteiger partial charge in [-0.15, -0.1) is 0 Å². The maximum Gasteiger partial charge on any atom is 0.300 e. The van der Waals surface area contributed by atoms with E-state index in [2.05, 4.69) is 6.92 Å². The minimum atomic E-state index is -0.833. The van der Waals surface area contributed by atoms with E-state index < -0.39 is 5.97 Å². The third-order valence-electron chi connectivity index (χ3n) is 4.34. The Morgan fingerprint density at radius 3 is 2.29 bits per heavy atom. The van der Waals surface area contributed by atoms with Crippen molar-refractivity contribution in [2.45, 2.75) is 33.6 Å². The van der Waals surface area contributed by atoms with Crippen molar-refractivity contribution in [3.63, 3.8) is 0 Å². The predicted molar refractivity (Wildman–Crippen MR) is 112 cm³/mol. The van der Waals surface area contributed by atoms with E-state index in [4.69, 9.17) is 26.2 Å². The number of ether oxygens (including phenoxy) is 1. The average molecular weight is 402 g/mol. The number of nitrogens with zero attached hydrogens (tertiary/aromatic N) is 1. The Kier molecular flexibility index (Phi) is 7.24. The van der Waals surface area contributed by atoms with Gasteiger partial charge < -0.3 is 9.84 Å². The molecule has 2 aromatic carbocycles. The lowest BCUT2D eigenvalue weighted by Crippen LogP contribution is -2.13. The third-order valence-corrected chi connectivity index (χ3v) is 4.59. The molecule has 0 saturated carbocycles. The summed E-state index contributed by atoms with van der Waals surface area (Å²) in [6.07, 6.45) is 1.95. The standard InChI is InChI=1S/C20H20ClNO2.C2H4O2/c1-4-5-17-13(2)22(19-11-10-16(24-3)12-18(17)19)20(23)14-6-8-15(21)9-7-14;1-2(3)4/h6-12H,4-5H2,1-3H3;1H3,(H,3,4). The Morgan fingerprint density at radius 2 is 1.75 bits per heavy atom. The van der Waals surface area contributed by atoms with Gasteiger partial charge in [0, 0.05) is 28.6 Å². The van der Waals surface area contributed by atoms with Gasteiger partial charge in [-0.3, -0.25) is 14.2 Å². The fourth-order valence-electron chi connectivity index (χ4n) is 3.14. The van der Waals surface area contributed by atoms with Crippen LogP contribution in [0.5, 0.6) is 5.75 Å². The summed E-state index contributed by atoms with van der Waals surface area (Å²) in [6, 6.07) is 12.9. The van der Waals surface area contributed by atoms with Crippen LogP contribution in [0.3, 0.4) is 0 Å². The Morgan fingerprint density at radius 1 is 1.14 bits per heavy atom. The van der Waals surface area contributed by atoms with E-state index in [1.54, 1.807) is 35.9 Å². The zero-order chi connectivity index (χ0) is 20.8. The van der Waals surface area contributed by atoms with Gasteiger partial charge in [0.1, 0.15) is 5.75 Å². The number of carboxylic acid groups (broad SMARTS) is 1. The van der Waals surface area contributed by atoms with Gasteiger partial charge in [0.25, 0.3) is 11.9 Å². The second-order valence-corrected chi connectivity index (χ2v) is 6.80. The number of carbonyl (C=O) groups is 2. The summed E-state index contributed by atoms with van der Waals surface area (Å²) in [7, 11) is 1.66. The monoisotopic (exact) mass is 401 g/mol. The summed E-state index contributed by atoms with van der Waals surface area (Å²) in [5.41, 5.74) is 3.73. The Bertz CT molecular complexity index is 986. The molecule has 148 valence electrons. The molecule has 3 rings (SSSR count). The Balaban J connectivity index is 0.000000640. The molecule has 28 heavy (non-hydrogen) atoms. The van der Waals surface area contributed by atoms with Gasteiger partial charge in [0.05, 0.1) is 12.6 Å². The number of methoxy groups -OCH3 is 1. The first kappa shape index (κ1) is 21.5. The molecule has 1 heterocycles. The zero-order valence-electron chi connectivity index (χ0n) is 16.5. The highest BCUT2D eigenvalue weighted by atomic mass is 35.5. The van der Waals surface area contributed by atoms with Crippen LogP contribution < -0.4 is 4.74 Å². The van der Waals surface area contributed by atoms with Gasteiger partial charge in [-0.2, -0.15) is 0 Å². The number of aryl methyl sites for hydroxylation is 1. The number of fused-ring (bicyclic) bond motifs is 1. The molecule has 3 aromatic rings. The fourth-order valence-corrected chi connectivity index (χ4v) is 3.26. The van der Waals surface area contributed by atoms with Crippen molar-refractivity contribution < 1.29 is 19.4 Å². The molecule has 1 N–H and O–H groups in total. The highest BCUT2D eigenvalue weighted by Gasteiger charge is 2.19. The highest BCUT2D eigenvalue weighted by molar-refractivity contribution is 6.30. The summed E-state index contributed by atoms with van der Waals surface area (Å²) in [4.78, 5) is 22.1.